The van der Waals surface area contributed by atoms with E-state index < -0.39 is 11.4 Å². The lowest BCUT2D eigenvalue weighted by molar-refractivity contribution is -0.151. The zero-order valence-electron chi connectivity index (χ0n) is 12.0. The summed E-state index contributed by atoms with van der Waals surface area (Å²) in [6.07, 6.45) is 3.68. The van der Waals surface area contributed by atoms with E-state index >= 15 is 0 Å². The topological polar surface area (TPSA) is 81.4 Å². The van der Waals surface area contributed by atoms with Gasteiger partial charge in [0.05, 0.1) is 30.7 Å². The highest BCUT2D eigenvalue weighted by molar-refractivity contribution is 5.75. The number of carbonyl (C=O) groups is 2. The second-order valence-corrected chi connectivity index (χ2v) is 5.95. The van der Waals surface area contributed by atoms with Crippen molar-refractivity contribution in [2.75, 3.05) is 7.11 Å². The lowest BCUT2D eigenvalue weighted by atomic mass is 9.88. The van der Waals surface area contributed by atoms with Crippen molar-refractivity contribution in [3.63, 3.8) is 0 Å². The molecule has 1 N–H and O–H groups in total. The third kappa shape index (κ3) is 2.84. The van der Waals surface area contributed by atoms with E-state index in [0.29, 0.717) is 25.8 Å². The Morgan fingerprint density at radius 3 is 2.85 bits per heavy atom. The van der Waals surface area contributed by atoms with Crippen molar-refractivity contribution in [3.8, 4) is 0 Å². The summed E-state index contributed by atoms with van der Waals surface area (Å²) in [5.41, 5.74) is 1.27. The quantitative estimate of drug-likeness (QED) is 0.840. The molecule has 1 aliphatic carbocycles. The molecule has 0 saturated heterocycles. The number of rotatable bonds is 4. The third-order valence-electron chi connectivity index (χ3n) is 3.77. The summed E-state index contributed by atoms with van der Waals surface area (Å²) in [5.74, 6) is -1.36. The van der Waals surface area contributed by atoms with Gasteiger partial charge in [0.15, 0.2) is 0 Å². The number of carboxylic acid groups (broad SMARTS) is 1. The maximum atomic E-state index is 11.7. The van der Waals surface area contributed by atoms with Gasteiger partial charge in [-0.05, 0) is 38.7 Å². The summed E-state index contributed by atoms with van der Waals surface area (Å²) in [6, 6.07) is 0. The Bertz CT molecular complexity index is 533. The zero-order valence-corrected chi connectivity index (χ0v) is 12.0. The van der Waals surface area contributed by atoms with Crippen LogP contribution in [0.25, 0.3) is 0 Å². The number of carboxylic acids is 1. The maximum absolute atomic E-state index is 11.7. The van der Waals surface area contributed by atoms with E-state index in [-0.39, 0.29) is 11.9 Å². The van der Waals surface area contributed by atoms with Crippen molar-refractivity contribution in [2.45, 2.75) is 39.7 Å². The van der Waals surface area contributed by atoms with Gasteiger partial charge in [-0.2, -0.15) is 5.10 Å². The highest BCUT2D eigenvalue weighted by atomic mass is 16.5. The lowest BCUT2D eigenvalue weighted by Crippen LogP contribution is -2.30. The zero-order chi connectivity index (χ0) is 14.9. The number of aromatic nitrogens is 2. The molecule has 1 unspecified atom stereocenters. The molecular formula is C14H20N2O4. The molecule has 0 saturated carbocycles. The number of nitrogens with zero attached hydrogens (tertiary/aromatic N) is 2. The van der Waals surface area contributed by atoms with Gasteiger partial charge in [-0.25, -0.2) is 0 Å². The van der Waals surface area contributed by atoms with Gasteiger partial charge in [0, 0.05) is 6.20 Å². The van der Waals surface area contributed by atoms with Crippen LogP contribution in [-0.4, -0.2) is 33.9 Å². The molecule has 6 nitrogen and oxygen atoms in total. The molecule has 1 heterocycles. The minimum atomic E-state index is -0.752. The van der Waals surface area contributed by atoms with Gasteiger partial charge in [-0.15, -0.1) is 0 Å². The molecule has 1 aromatic rings. The van der Waals surface area contributed by atoms with Crippen LogP contribution in [0.15, 0.2) is 6.20 Å². The number of fused-ring (bicyclic) bond motifs is 1. The first-order valence-electron chi connectivity index (χ1n) is 6.70. The summed E-state index contributed by atoms with van der Waals surface area (Å²) in [7, 11) is 1.37. The summed E-state index contributed by atoms with van der Waals surface area (Å²) in [6.45, 7) is 4.03. The van der Waals surface area contributed by atoms with Gasteiger partial charge < -0.3 is 9.84 Å². The summed E-state index contributed by atoms with van der Waals surface area (Å²) in [5, 5.41) is 13.5. The standard InChI is InChI=1S/C14H20N2O4/c1-14(2,13(19)20-3)8-16-7-10-6-9(12(17)18)4-5-11(10)15-16/h7,9H,4-6,8H2,1-3H3,(H,17,18). The van der Waals surface area contributed by atoms with Crippen LogP contribution in [0.1, 0.15) is 31.5 Å². The van der Waals surface area contributed by atoms with E-state index in [4.69, 9.17) is 9.84 Å². The fourth-order valence-electron chi connectivity index (χ4n) is 2.60. The highest BCUT2D eigenvalue weighted by Gasteiger charge is 2.31. The first kappa shape index (κ1) is 14.6. The van der Waals surface area contributed by atoms with Crippen molar-refractivity contribution in [1.82, 2.24) is 9.78 Å². The third-order valence-corrected chi connectivity index (χ3v) is 3.77. The fourth-order valence-corrected chi connectivity index (χ4v) is 2.60. The molecule has 6 heteroatoms. The Labute approximate surface area is 117 Å². The minimum Gasteiger partial charge on any atom is -0.481 e. The van der Waals surface area contributed by atoms with Crippen molar-refractivity contribution in [1.29, 1.82) is 0 Å². The first-order valence-corrected chi connectivity index (χ1v) is 6.70. The molecule has 2 rings (SSSR count). The number of aryl methyl sites for hydroxylation is 1. The predicted molar refractivity (Wildman–Crippen MR) is 71.2 cm³/mol. The Hall–Kier alpha value is -1.85. The summed E-state index contributed by atoms with van der Waals surface area (Å²) in [4.78, 5) is 22.7. The van der Waals surface area contributed by atoms with E-state index in [2.05, 4.69) is 5.10 Å². The molecule has 0 fully saturated rings. The van der Waals surface area contributed by atoms with E-state index in [1.807, 2.05) is 6.20 Å². The Balaban J connectivity index is 2.14. The van der Waals surface area contributed by atoms with Crippen molar-refractivity contribution >= 4 is 11.9 Å². The van der Waals surface area contributed by atoms with Crippen LogP contribution in [0.3, 0.4) is 0 Å². The lowest BCUT2D eigenvalue weighted by Gasteiger charge is -2.21. The number of esters is 1. The molecule has 1 aromatic heterocycles. The normalized spacial score (nSPS) is 18.4. The molecule has 0 radical (unpaired) electrons. The van der Waals surface area contributed by atoms with Crippen LogP contribution in [0.4, 0.5) is 0 Å². The smallest absolute Gasteiger partial charge is 0.313 e. The number of ether oxygens (including phenoxy) is 1. The molecule has 0 aromatic carbocycles. The number of hydrogen-bond donors (Lipinski definition) is 1. The number of carbonyl (C=O) groups excluding carboxylic acids is 1. The number of hydrogen-bond acceptors (Lipinski definition) is 4. The highest BCUT2D eigenvalue weighted by Crippen LogP contribution is 2.26. The molecule has 0 aliphatic heterocycles. The monoisotopic (exact) mass is 280 g/mol. The SMILES string of the molecule is COC(=O)C(C)(C)Cn1cc2c(n1)CCC(C(=O)O)C2. The summed E-state index contributed by atoms with van der Waals surface area (Å²) >= 11 is 0. The van der Waals surface area contributed by atoms with Gasteiger partial charge in [0.1, 0.15) is 0 Å². The van der Waals surface area contributed by atoms with E-state index in [0.717, 1.165) is 11.3 Å². The van der Waals surface area contributed by atoms with Crippen molar-refractivity contribution in [3.05, 3.63) is 17.5 Å². The van der Waals surface area contributed by atoms with Crippen LogP contribution >= 0.6 is 0 Å². The molecule has 0 amide bonds. The number of aliphatic carboxylic acids is 1. The Kier molecular flexibility index (Phi) is 3.83. The Morgan fingerprint density at radius 1 is 1.55 bits per heavy atom. The van der Waals surface area contributed by atoms with Crippen LogP contribution < -0.4 is 0 Å². The average Bonchev–Trinajstić information content (AvgIpc) is 2.77. The molecule has 1 aliphatic rings. The molecule has 1 atom stereocenters. The van der Waals surface area contributed by atoms with Crippen molar-refractivity contribution in [2.24, 2.45) is 11.3 Å². The van der Waals surface area contributed by atoms with E-state index in [1.54, 1.807) is 18.5 Å². The largest absolute Gasteiger partial charge is 0.481 e. The first-order chi connectivity index (χ1) is 9.33. The van der Waals surface area contributed by atoms with E-state index in [9.17, 15) is 9.59 Å². The maximum Gasteiger partial charge on any atom is 0.313 e. The fraction of sp³-hybridized carbons (Fsp3) is 0.643. The predicted octanol–water partition coefficient (Wildman–Crippen LogP) is 1.27. The van der Waals surface area contributed by atoms with Crippen LogP contribution in [0, 0.1) is 11.3 Å². The van der Waals surface area contributed by atoms with Crippen molar-refractivity contribution < 1.29 is 19.4 Å². The van der Waals surface area contributed by atoms with Crippen LogP contribution in [0.2, 0.25) is 0 Å². The van der Waals surface area contributed by atoms with Gasteiger partial charge in [0.25, 0.3) is 0 Å². The van der Waals surface area contributed by atoms with Crippen LogP contribution in [0.5, 0.6) is 0 Å². The van der Waals surface area contributed by atoms with Crippen LogP contribution in [-0.2, 0) is 33.7 Å². The second kappa shape index (κ2) is 5.26. The minimum absolute atomic E-state index is 0.283. The van der Waals surface area contributed by atoms with Gasteiger partial charge >= 0.3 is 11.9 Å². The number of methoxy groups -OCH3 is 1. The molecule has 0 spiro atoms. The van der Waals surface area contributed by atoms with Gasteiger partial charge in [-0.3, -0.25) is 14.3 Å². The van der Waals surface area contributed by atoms with Gasteiger partial charge in [0.2, 0.25) is 0 Å². The molecular weight excluding hydrogens is 260 g/mol. The van der Waals surface area contributed by atoms with Gasteiger partial charge in [-0.1, -0.05) is 0 Å². The summed E-state index contributed by atoms with van der Waals surface area (Å²) < 4.78 is 6.51. The van der Waals surface area contributed by atoms with E-state index in [1.165, 1.54) is 7.11 Å². The second-order valence-electron chi connectivity index (χ2n) is 5.95. The molecule has 110 valence electrons. The Morgan fingerprint density at radius 2 is 2.25 bits per heavy atom. The molecule has 0 bridgehead atoms. The average molecular weight is 280 g/mol. The molecule has 20 heavy (non-hydrogen) atoms.